The van der Waals surface area contributed by atoms with Crippen molar-refractivity contribution in [2.24, 2.45) is 5.73 Å². The maximum absolute atomic E-state index is 5.65. The normalized spacial score (nSPS) is 12.2. The number of aromatic amines is 1. The molecule has 2 aromatic rings. The number of nitrogens with one attached hydrogen (secondary N) is 1. The van der Waals surface area contributed by atoms with Gasteiger partial charge in [-0.15, -0.1) is 0 Å². The summed E-state index contributed by atoms with van der Waals surface area (Å²) >= 11 is 3.49. The quantitative estimate of drug-likeness (QED) is 0.887. The van der Waals surface area contributed by atoms with Crippen LogP contribution in [0.3, 0.4) is 0 Å². The smallest absolute Gasteiger partial charge is 0.0457 e. The summed E-state index contributed by atoms with van der Waals surface area (Å²) in [7, 11) is 0. The molecular formula is C13H17BrN2. The fourth-order valence-electron chi connectivity index (χ4n) is 1.96. The van der Waals surface area contributed by atoms with Gasteiger partial charge in [0.15, 0.2) is 0 Å². The number of H-pyrrole nitrogens is 1. The first kappa shape index (κ1) is 11.7. The second-order valence-electron chi connectivity index (χ2n) is 4.84. The molecule has 0 saturated carbocycles. The third-order valence-electron chi connectivity index (χ3n) is 3.08. The van der Waals surface area contributed by atoms with Gasteiger partial charge in [-0.05, 0) is 37.2 Å². The van der Waals surface area contributed by atoms with E-state index >= 15 is 0 Å². The van der Waals surface area contributed by atoms with Crippen molar-refractivity contribution in [3.05, 3.63) is 34.4 Å². The van der Waals surface area contributed by atoms with Gasteiger partial charge in [0.05, 0.1) is 0 Å². The van der Waals surface area contributed by atoms with Gasteiger partial charge in [0.1, 0.15) is 0 Å². The van der Waals surface area contributed by atoms with Gasteiger partial charge in [-0.3, -0.25) is 0 Å². The van der Waals surface area contributed by atoms with E-state index in [2.05, 4.69) is 59.0 Å². The molecule has 1 aromatic heterocycles. The molecule has 2 rings (SSSR count). The third-order valence-corrected chi connectivity index (χ3v) is 3.57. The van der Waals surface area contributed by atoms with Crippen LogP contribution in [0.5, 0.6) is 0 Å². The number of nitrogens with two attached hydrogens (primary N) is 1. The Labute approximate surface area is 104 Å². The van der Waals surface area contributed by atoms with Crippen LogP contribution in [0.1, 0.15) is 26.0 Å². The summed E-state index contributed by atoms with van der Waals surface area (Å²) in [5, 5.41) is 1.24. The molecule has 0 amide bonds. The van der Waals surface area contributed by atoms with Gasteiger partial charge in [-0.1, -0.05) is 29.8 Å². The van der Waals surface area contributed by atoms with Crippen LogP contribution in [-0.2, 0) is 5.41 Å². The van der Waals surface area contributed by atoms with Gasteiger partial charge >= 0.3 is 0 Å². The van der Waals surface area contributed by atoms with E-state index < -0.39 is 0 Å². The Hall–Kier alpha value is -0.800. The number of hydrogen-bond acceptors (Lipinski definition) is 1. The van der Waals surface area contributed by atoms with Crippen LogP contribution < -0.4 is 5.73 Å². The Morgan fingerprint density at radius 2 is 2.06 bits per heavy atom. The minimum atomic E-state index is 0.111. The summed E-state index contributed by atoms with van der Waals surface area (Å²) in [5.74, 6) is 0. The zero-order chi connectivity index (χ0) is 11.8. The molecule has 1 aromatic carbocycles. The summed E-state index contributed by atoms with van der Waals surface area (Å²) in [4.78, 5) is 3.47. The minimum Gasteiger partial charge on any atom is -0.358 e. The molecule has 0 saturated heterocycles. The molecular weight excluding hydrogens is 264 g/mol. The standard InChI is InChI=1S/C13H17BrN2/c1-13(2,5-6-15)12-8-9-7-10(14)3-4-11(9)16-12/h3-4,7-8,16H,5-6,15H2,1-2H3. The van der Waals surface area contributed by atoms with Crippen molar-refractivity contribution in [2.45, 2.75) is 25.7 Å². The van der Waals surface area contributed by atoms with Gasteiger partial charge in [0, 0.05) is 26.5 Å². The molecule has 0 atom stereocenters. The monoisotopic (exact) mass is 280 g/mol. The molecule has 0 aliphatic carbocycles. The highest BCUT2D eigenvalue weighted by Crippen LogP contribution is 2.29. The van der Waals surface area contributed by atoms with E-state index in [1.54, 1.807) is 0 Å². The predicted molar refractivity (Wildman–Crippen MR) is 72.7 cm³/mol. The fourth-order valence-corrected chi connectivity index (χ4v) is 2.34. The molecule has 16 heavy (non-hydrogen) atoms. The van der Waals surface area contributed by atoms with Gasteiger partial charge < -0.3 is 10.7 Å². The van der Waals surface area contributed by atoms with E-state index in [1.165, 1.54) is 16.6 Å². The Morgan fingerprint density at radius 3 is 2.75 bits per heavy atom. The van der Waals surface area contributed by atoms with Gasteiger partial charge in [-0.2, -0.15) is 0 Å². The van der Waals surface area contributed by atoms with Crippen LogP contribution in [0, 0.1) is 0 Å². The molecule has 0 radical (unpaired) electrons. The van der Waals surface area contributed by atoms with Gasteiger partial charge in [0.2, 0.25) is 0 Å². The maximum atomic E-state index is 5.65. The summed E-state index contributed by atoms with van der Waals surface area (Å²) in [6.45, 7) is 5.16. The second kappa shape index (κ2) is 4.22. The van der Waals surface area contributed by atoms with Crippen molar-refractivity contribution in [1.29, 1.82) is 0 Å². The first-order chi connectivity index (χ1) is 7.53. The molecule has 0 aliphatic heterocycles. The van der Waals surface area contributed by atoms with Crippen molar-refractivity contribution in [1.82, 2.24) is 4.98 Å². The lowest BCUT2D eigenvalue weighted by Crippen LogP contribution is -2.21. The van der Waals surface area contributed by atoms with Crippen molar-refractivity contribution in [2.75, 3.05) is 6.54 Å². The van der Waals surface area contributed by atoms with Crippen LogP contribution in [0.25, 0.3) is 10.9 Å². The largest absolute Gasteiger partial charge is 0.358 e. The molecule has 0 unspecified atom stereocenters. The topological polar surface area (TPSA) is 41.8 Å². The lowest BCUT2D eigenvalue weighted by atomic mass is 9.86. The molecule has 3 heteroatoms. The highest BCUT2D eigenvalue weighted by Gasteiger charge is 2.21. The van der Waals surface area contributed by atoms with E-state index in [1.807, 2.05) is 0 Å². The predicted octanol–water partition coefficient (Wildman–Crippen LogP) is 3.56. The van der Waals surface area contributed by atoms with Gasteiger partial charge in [0.25, 0.3) is 0 Å². The number of halogens is 1. The molecule has 1 heterocycles. The van der Waals surface area contributed by atoms with Crippen LogP contribution in [0.4, 0.5) is 0 Å². The second-order valence-corrected chi connectivity index (χ2v) is 5.75. The summed E-state index contributed by atoms with van der Waals surface area (Å²) < 4.78 is 1.11. The van der Waals surface area contributed by atoms with Crippen molar-refractivity contribution < 1.29 is 0 Å². The molecule has 0 aliphatic rings. The zero-order valence-electron chi connectivity index (χ0n) is 9.68. The molecule has 0 spiro atoms. The number of fused-ring (bicyclic) bond motifs is 1. The van der Waals surface area contributed by atoms with Crippen LogP contribution in [0.2, 0.25) is 0 Å². The fraction of sp³-hybridized carbons (Fsp3) is 0.385. The summed E-state index contributed by atoms with van der Waals surface area (Å²) in [5.41, 5.74) is 8.20. The zero-order valence-corrected chi connectivity index (χ0v) is 11.3. The summed E-state index contributed by atoms with van der Waals surface area (Å²) in [6.07, 6.45) is 0.987. The molecule has 2 nitrogen and oxygen atoms in total. The Morgan fingerprint density at radius 1 is 1.31 bits per heavy atom. The van der Waals surface area contributed by atoms with E-state index in [0.29, 0.717) is 6.54 Å². The minimum absolute atomic E-state index is 0.111. The highest BCUT2D eigenvalue weighted by atomic mass is 79.9. The number of aromatic nitrogens is 1. The average molecular weight is 281 g/mol. The van der Waals surface area contributed by atoms with Crippen molar-refractivity contribution in [3.8, 4) is 0 Å². The van der Waals surface area contributed by atoms with Crippen LogP contribution in [-0.4, -0.2) is 11.5 Å². The van der Waals surface area contributed by atoms with E-state index in [9.17, 15) is 0 Å². The molecule has 0 bridgehead atoms. The lowest BCUT2D eigenvalue weighted by molar-refractivity contribution is 0.476. The first-order valence-corrected chi connectivity index (χ1v) is 6.31. The molecule has 86 valence electrons. The number of benzene rings is 1. The van der Waals surface area contributed by atoms with E-state index in [0.717, 1.165) is 10.9 Å². The average Bonchev–Trinajstić information content (AvgIpc) is 2.61. The lowest BCUT2D eigenvalue weighted by Gasteiger charge is -2.22. The Balaban J connectivity index is 2.46. The molecule has 0 fully saturated rings. The summed E-state index contributed by atoms with van der Waals surface area (Å²) in [6, 6.07) is 8.50. The van der Waals surface area contributed by atoms with E-state index in [-0.39, 0.29) is 5.41 Å². The van der Waals surface area contributed by atoms with Crippen LogP contribution >= 0.6 is 15.9 Å². The third kappa shape index (κ3) is 2.15. The SMILES string of the molecule is CC(C)(CCN)c1cc2cc(Br)ccc2[nH]1. The van der Waals surface area contributed by atoms with E-state index in [4.69, 9.17) is 5.73 Å². The maximum Gasteiger partial charge on any atom is 0.0457 e. The van der Waals surface area contributed by atoms with Crippen LogP contribution in [0.15, 0.2) is 28.7 Å². The Bertz CT molecular complexity index is 500. The Kier molecular flexibility index (Phi) is 3.08. The highest BCUT2D eigenvalue weighted by molar-refractivity contribution is 9.10. The number of rotatable bonds is 3. The number of hydrogen-bond donors (Lipinski definition) is 2. The van der Waals surface area contributed by atoms with Gasteiger partial charge in [-0.25, -0.2) is 0 Å². The first-order valence-electron chi connectivity index (χ1n) is 5.52. The molecule has 3 N–H and O–H groups in total. The van der Waals surface area contributed by atoms with Crippen molar-refractivity contribution >= 4 is 26.8 Å². The van der Waals surface area contributed by atoms with Crippen molar-refractivity contribution in [3.63, 3.8) is 0 Å².